The van der Waals surface area contributed by atoms with Crippen molar-refractivity contribution >= 4 is 27.4 Å². The molecule has 0 saturated carbocycles. The third-order valence-corrected chi connectivity index (χ3v) is 8.16. The molecule has 2 aliphatic rings. The lowest BCUT2D eigenvalue weighted by molar-refractivity contribution is 0.0349. The third-order valence-electron chi connectivity index (χ3n) is 7.29. The Morgan fingerprint density at radius 1 is 0.914 bits per heavy atom. The maximum Gasteiger partial charge on any atom is 0.164 e. The number of pyridine rings is 1. The molecule has 0 bridgehead atoms. The summed E-state index contributed by atoms with van der Waals surface area (Å²) < 4.78 is 5.50. The van der Waals surface area contributed by atoms with Crippen LogP contribution in [0.1, 0.15) is 19.3 Å². The highest BCUT2D eigenvalue weighted by molar-refractivity contribution is 7.17. The average Bonchev–Trinajstić information content (AvgIpc) is 3.37. The normalized spacial score (nSPS) is 17.8. The summed E-state index contributed by atoms with van der Waals surface area (Å²) in [5.74, 6) is 2.61. The summed E-state index contributed by atoms with van der Waals surface area (Å²) >= 11 is 1.71. The quantitative estimate of drug-likeness (QED) is 0.367. The number of aromatic nitrogens is 3. The highest BCUT2D eigenvalue weighted by Gasteiger charge is 2.25. The molecule has 4 aromatic rings. The van der Waals surface area contributed by atoms with E-state index in [1.54, 1.807) is 17.5 Å². The number of benzene rings is 1. The van der Waals surface area contributed by atoms with E-state index >= 15 is 0 Å². The Morgan fingerprint density at radius 3 is 2.49 bits per heavy atom. The van der Waals surface area contributed by atoms with Gasteiger partial charge in [0.15, 0.2) is 5.82 Å². The molecular formula is C28H31N5OS. The number of morpholine rings is 1. The van der Waals surface area contributed by atoms with Gasteiger partial charge < -0.3 is 9.64 Å². The molecule has 1 aromatic carbocycles. The van der Waals surface area contributed by atoms with E-state index in [4.69, 9.17) is 14.7 Å². The molecule has 0 unspecified atom stereocenters. The van der Waals surface area contributed by atoms with Gasteiger partial charge in [0, 0.05) is 55.1 Å². The van der Waals surface area contributed by atoms with Crippen LogP contribution in [0.25, 0.3) is 32.7 Å². The molecule has 2 aliphatic heterocycles. The molecule has 0 aliphatic carbocycles. The lowest BCUT2D eigenvalue weighted by Crippen LogP contribution is -2.39. The van der Waals surface area contributed by atoms with Crippen molar-refractivity contribution in [2.45, 2.75) is 19.3 Å². The largest absolute Gasteiger partial charge is 0.379 e. The first kappa shape index (κ1) is 22.6. The van der Waals surface area contributed by atoms with E-state index in [9.17, 15) is 0 Å². The van der Waals surface area contributed by atoms with E-state index in [-0.39, 0.29) is 0 Å². The van der Waals surface area contributed by atoms with Crippen molar-refractivity contribution in [3.05, 3.63) is 60.2 Å². The van der Waals surface area contributed by atoms with Crippen LogP contribution in [0, 0.1) is 5.92 Å². The van der Waals surface area contributed by atoms with E-state index in [1.807, 2.05) is 18.3 Å². The number of rotatable bonds is 6. The number of ether oxygens (including phenoxy) is 1. The number of piperidine rings is 1. The van der Waals surface area contributed by atoms with E-state index in [2.05, 4.69) is 50.5 Å². The van der Waals surface area contributed by atoms with Crippen molar-refractivity contribution in [2.75, 3.05) is 50.8 Å². The second-order valence-electron chi connectivity index (χ2n) is 9.48. The van der Waals surface area contributed by atoms with Gasteiger partial charge in [-0.1, -0.05) is 30.3 Å². The predicted octanol–water partition coefficient (Wildman–Crippen LogP) is 5.36. The number of anilines is 1. The van der Waals surface area contributed by atoms with Crippen LogP contribution in [-0.2, 0) is 4.74 Å². The first-order valence-electron chi connectivity index (χ1n) is 12.7. The summed E-state index contributed by atoms with van der Waals surface area (Å²) in [5, 5.41) is 3.42. The van der Waals surface area contributed by atoms with Gasteiger partial charge in [0.05, 0.1) is 18.6 Å². The average molecular weight is 486 g/mol. The van der Waals surface area contributed by atoms with Gasteiger partial charge in [0.2, 0.25) is 0 Å². The molecule has 5 heterocycles. The fourth-order valence-electron chi connectivity index (χ4n) is 5.23. The van der Waals surface area contributed by atoms with Crippen LogP contribution in [0.3, 0.4) is 0 Å². The monoisotopic (exact) mass is 485 g/mol. The Bertz CT molecular complexity index is 1250. The van der Waals surface area contributed by atoms with Crippen LogP contribution in [0.2, 0.25) is 0 Å². The van der Waals surface area contributed by atoms with Gasteiger partial charge in [-0.3, -0.25) is 9.88 Å². The third kappa shape index (κ3) is 4.94. The van der Waals surface area contributed by atoms with Gasteiger partial charge in [0.1, 0.15) is 10.6 Å². The lowest BCUT2D eigenvalue weighted by atomic mass is 9.93. The van der Waals surface area contributed by atoms with Crippen LogP contribution in [0.4, 0.5) is 5.82 Å². The molecule has 7 heteroatoms. The first-order chi connectivity index (χ1) is 17.3. The van der Waals surface area contributed by atoms with Gasteiger partial charge in [-0.25, -0.2) is 9.97 Å². The maximum atomic E-state index is 5.50. The Kier molecular flexibility index (Phi) is 6.71. The maximum absolute atomic E-state index is 5.50. The molecular weight excluding hydrogens is 454 g/mol. The molecule has 2 fully saturated rings. The summed E-state index contributed by atoms with van der Waals surface area (Å²) in [4.78, 5) is 20.5. The zero-order valence-corrected chi connectivity index (χ0v) is 20.8. The Morgan fingerprint density at radius 2 is 1.71 bits per heavy atom. The minimum absolute atomic E-state index is 0.761. The summed E-state index contributed by atoms with van der Waals surface area (Å²) in [6, 6.07) is 14.6. The molecule has 0 atom stereocenters. The molecule has 3 aromatic heterocycles. The van der Waals surface area contributed by atoms with Crippen molar-refractivity contribution in [2.24, 2.45) is 5.92 Å². The number of nitrogens with zero attached hydrogens (tertiary/aromatic N) is 5. The molecule has 6 nitrogen and oxygen atoms in total. The molecule has 0 N–H and O–H groups in total. The topological polar surface area (TPSA) is 54.4 Å². The van der Waals surface area contributed by atoms with Crippen LogP contribution in [0.15, 0.2) is 60.2 Å². The van der Waals surface area contributed by atoms with E-state index in [1.165, 1.54) is 42.3 Å². The number of thiophene rings is 1. The predicted molar refractivity (Wildman–Crippen MR) is 143 cm³/mol. The number of hydrogen-bond donors (Lipinski definition) is 0. The van der Waals surface area contributed by atoms with Crippen molar-refractivity contribution in [3.8, 4) is 22.5 Å². The van der Waals surface area contributed by atoms with Crippen molar-refractivity contribution < 1.29 is 4.74 Å². The first-order valence-corrected chi connectivity index (χ1v) is 13.5. The SMILES string of the molecule is c1ccc(-c2csc3nc(-c4cccnc4)nc(N4CCC(CCN5CCOCC5)CC4)c23)cc1. The van der Waals surface area contributed by atoms with Gasteiger partial charge in [-0.05, 0) is 49.4 Å². The standard InChI is InChI=1S/C28H31N5OS/c1-2-5-22(6-3-1)24-20-35-28-25(24)27(30-26(31-28)23-7-4-11-29-19-23)33-13-9-21(10-14-33)8-12-32-15-17-34-18-16-32/h1-7,11,19-21H,8-10,12-18H2. The van der Waals surface area contributed by atoms with E-state index < -0.39 is 0 Å². The van der Waals surface area contributed by atoms with Crippen molar-refractivity contribution in [3.63, 3.8) is 0 Å². The second kappa shape index (κ2) is 10.4. The second-order valence-corrected chi connectivity index (χ2v) is 10.3. The highest BCUT2D eigenvalue weighted by atomic mass is 32.1. The minimum Gasteiger partial charge on any atom is -0.379 e. The number of fused-ring (bicyclic) bond motifs is 1. The van der Waals surface area contributed by atoms with Crippen molar-refractivity contribution in [1.82, 2.24) is 19.9 Å². The van der Waals surface area contributed by atoms with Crippen molar-refractivity contribution in [1.29, 1.82) is 0 Å². The molecule has 6 rings (SSSR count). The van der Waals surface area contributed by atoms with Crippen LogP contribution in [0.5, 0.6) is 0 Å². The molecule has 0 spiro atoms. The summed E-state index contributed by atoms with van der Waals surface area (Å²) in [6.07, 6.45) is 7.35. The summed E-state index contributed by atoms with van der Waals surface area (Å²) in [7, 11) is 0. The Labute approximate surface area is 210 Å². The zero-order valence-electron chi connectivity index (χ0n) is 20.0. The molecule has 35 heavy (non-hydrogen) atoms. The van der Waals surface area contributed by atoms with Crippen LogP contribution in [-0.4, -0.2) is 65.8 Å². The number of hydrogen-bond acceptors (Lipinski definition) is 7. The fourth-order valence-corrected chi connectivity index (χ4v) is 6.17. The molecule has 2 saturated heterocycles. The molecule has 180 valence electrons. The highest BCUT2D eigenvalue weighted by Crippen LogP contribution is 2.40. The van der Waals surface area contributed by atoms with E-state index in [0.717, 1.165) is 67.3 Å². The van der Waals surface area contributed by atoms with Crippen LogP contribution < -0.4 is 4.90 Å². The van der Waals surface area contributed by atoms with Gasteiger partial charge in [-0.15, -0.1) is 11.3 Å². The van der Waals surface area contributed by atoms with Gasteiger partial charge >= 0.3 is 0 Å². The van der Waals surface area contributed by atoms with E-state index in [0.29, 0.717) is 0 Å². The lowest BCUT2D eigenvalue weighted by Gasteiger charge is -2.35. The zero-order chi connectivity index (χ0) is 23.5. The Balaban J connectivity index is 1.28. The smallest absolute Gasteiger partial charge is 0.164 e. The van der Waals surface area contributed by atoms with Gasteiger partial charge in [-0.2, -0.15) is 0 Å². The Hall–Kier alpha value is -2.87. The molecule has 0 radical (unpaired) electrons. The summed E-state index contributed by atoms with van der Waals surface area (Å²) in [5.41, 5.74) is 3.41. The van der Waals surface area contributed by atoms with Gasteiger partial charge in [0.25, 0.3) is 0 Å². The van der Waals surface area contributed by atoms with Crippen LogP contribution >= 0.6 is 11.3 Å². The minimum atomic E-state index is 0.761. The molecule has 0 amide bonds. The summed E-state index contributed by atoms with van der Waals surface area (Å²) in [6.45, 7) is 7.19. The fraction of sp³-hybridized carbons (Fsp3) is 0.393.